The number of benzene rings is 1. The maximum Gasteiger partial charge on any atom is 0.150 e. The zero-order valence-electron chi connectivity index (χ0n) is 7.58. The lowest BCUT2D eigenvalue weighted by Crippen LogP contribution is -2.10. The number of aldehydes is 1. The third-order valence-electron chi connectivity index (χ3n) is 1.90. The smallest absolute Gasteiger partial charge is 0.150 e. The lowest BCUT2D eigenvalue weighted by molar-refractivity contribution is 0.112. The second-order valence-electron chi connectivity index (χ2n) is 3.03. The number of hydrogen-bond acceptors (Lipinski definition) is 2. The molecule has 1 N–H and O–H groups in total. The summed E-state index contributed by atoms with van der Waals surface area (Å²) in [5.41, 5.74) is 0.851. The van der Waals surface area contributed by atoms with Crippen LogP contribution >= 0.6 is 15.9 Å². The summed E-state index contributed by atoms with van der Waals surface area (Å²) < 4.78 is 12.9. The van der Waals surface area contributed by atoms with Gasteiger partial charge in [0.25, 0.3) is 0 Å². The summed E-state index contributed by atoms with van der Waals surface area (Å²) in [6.07, 6.45) is -0.0405. The summed E-state index contributed by atoms with van der Waals surface area (Å²) in [7, 11) is 0. The Hall–Kier alpha value is -0.740. The van der Waals surface area contributed by atoms with Crippen LogP contribution in [0.4, 0.5) is 4.39 Å². The maximum absolute atomic E-state index is 12.9. The standard InChI is InChI=1S/C10H10BrFO2/c1-6(14)10(11)9-4-8(12)3-2-7(9)5-13/h2-6,10,14H,1H3. The first-order chi connectivity index (χ1) is 6.56. The van der Waals surface area contributed by atoms with Gasteiger partial charge in [-0.1, -0.05) is 15.9 Å². The molecular weight excluding hydrogens is 251 g/mol. The second-order valence-corrected chi connectivity index (χ2v) is 4.02. The van der Waals surface area contributed by atoms with Crippen molar-refractivity contribution in [3.05, 3.63) is 35.1 Å². The molecule has 1 rings (SSSR count). The van der Waals surface area contributed by atoms with Crippen molar-refractivity contribution in [3.8, 4) is 0 Å². The van der Waals surface area contributed by atoms with E-state index in [1.54, 1.807) is 6.92 Å². The quantitative estimate of drug-likeness (QED) is 0.670. The van der Waals surface area contributed by atoms with E-state index in [1.165, 1.54) is 18.2 Å². The molecule has 2 atom stereocenters. The molecule has 76 valence electrons. The van der Waals surface area contributed by atoms with Crippen LogP contribution in [-0.2, 0) is 0 Å². The molecule has 0 radical (unpaired) electrons. The van der Waals surface area contributed by atoms with E-state index in [9.17, 15) is 14.3 Å². The molecule has 1 aromatic carbocycles. The lowest BCUT2D eigenvalue weighted by atomic mass is 10.0. The molecule has 0 amide bonds. The van der Waals surface area contributed by atoms with Gasteiger partial charge in [-0.15, -0.1) is 0 Å². The third-order valence-corrected chi connectivity index (χ3v) is 3.15. The zero-order valence-corrected chi connectivity index (χ0v) is 9.16. The predicted molar refractivity (Wildman–Crippen MR) is 55.1 cm³/mol. The normalized spacial score (nSPS) is 14.9. The van der Waals surface area contributed by atoms with Gasteiger partial charge in [-0.05, 0) is 30.7 Å². The molecule has 0 heterocycles. The molecule has 2 nitrogen and oxygen atoms in total. The fraction of sp³-hybridized carbons (Fsp3) is 0.300. The van der Waals surface area contributed by atoms with E-state index >= 15 is 0 Å². The molecular formula is C10H10BrFO2. The van der Waals surface area contributed by atoms with Crippen molar-refractivity contribution in [2.24, 2.45) is 0 Å². The highest BCUT2D eigenvalue weighted by Crippen LogP contribution is 2.29. The van der Waals surface area contributed by atoms with E-state index < -0.39 is 16.7 Å². The van der Waals surface area contributed by atoms with Gasteiger partial charge in [-0.3, -0.25) is 4.79 Å². The van der Waals surface area contributed by atoms with Crippen molar-refractivity contribution >= 4 is 22.2 Å². The van der Waals surface area contributed by atoms with Crippen LogP contribution < -0.4 is 0 Å². The molecule has 0 aliphatic carbocycles. The molecule has 0 fully saturated rings. The van der Waals surface area contributed by atoms with Crippen LogP contribution in [0, 0.1) is 5.82 Å². The van der Waals surface area contributed by atoms with Crippen LogP contribution in [0.2, 0.25) is 0 Å². The summed E-state index contributed by atoms with van der Waals surface area (Å²) in [5.74, 6) is -0.421. The van der Waals surface area contributed by atoms with E-state index in [4.69, 9.17) is 0 Å². The maximum atomic E-state index is 12.9. The SMILES string of the molecule is CC(O)C(Br)c1cc(F)ccc1C=O. The number of halogens is 2. The molecule has 0 saturated heterocycles. The largest absolute Gasteiger partial charge is 0.392 e. The molecule has 2 unspecified atom stereocenters. The monoisotopic (exact) mass is 260 g/mol. The van der Waals surface area contributed by atoms with E-state index in [2.05, 4.69) is 15.9 Å². The topological polar surface area (TPSA) is 37.3 Å². The summed E-state index contributed by atoms with van der Waals surface area (Å²) >= 11 is 3.20. The number of aliphatic hydroxyl groups is 1. The molecule has 1 aromatic rings. The molecule has 14 heavy (non-hydrogen) atoms. The molecule has 0 spiro atoms. The summed E-state index contributed by atoms with van der Waals surface area (Å²) in [5, 5.41) is 9.30. The van der Waals surface area contributed by atoms with Crippen molar-refractivity contribution in [2.45, 2.75) is 17.9 Å². The molecule has 4 heteroatoms. The highest BCUT2D eigenvalue weighted by Gasteiger charge is 2.17. The van der Waals surface area contributed by atoms with Gasteiger partial charge in [0.05, 0.1) is 10.9 Å². The van der Waals surface area contributed by atoms with Crippen LogP contribution in [0.1, 0.15) is 27.7 Å². The Morgan fingerprint density at radius 2 is 2.21 bits per heavy atom. The average molecular weight is 261 g/mol. The van der Waals surface area contributed by atoms with Crippen molar-refractivity contribution in [1.29, 1.82) is 0 Å². The first-order valence-electron chi connectivity index (χ1n) is 4.13. The molecule has 0 aliphatic heterocycles. The van der Waals surface area contributed by atoms with Gasteiger partial charge in [0.1, 0.15) is 12.1 Å². The highest BCUT2D eigenvalue weighted by atomic mass is 79.9. The van der Waals surface area contributed by atoms with Crippen molar-refractivity contribution in [3.63, 3.8) is 0 Å². The average Bonchev–Trinajstić information content (AvgIpc) is 2.16. The van der Waals surface area contributed by atoms with Crippen LogP contribution in [0.15, 0.2) is 18.2 Å². The summed E-state index contributed by atoms with van der Waals surface area (Å²) in [6, 6.07) is 3.86. The van der Waals surface area contributed by atoms with E-state index in [1.807, 2.05) is 0 Å². The number of hydrogen-bond donors (Lipinski definition) is 1. The molecule has 0 saturated carbocycles. The van der Waals surface area contributed by atoms with Gasteiger partial charge in [0.2, 0.25) is 0 Å². The minimum Gasteiger partial charge on any atom is -0.392 e. The lowest BCUT2D eigenvalue weighted by Gasteiger charge is -2.14. The fourth-order valence-electron chi connectivity index (χ4n) is 1.15. The van der Waals surface area contributed by atoms with Crippen LogP contribution in [0.25, 0.3) is 0 Å². The number of rotatable bonds is 3. The minimum atomic E-state index is -0.685. The van der Waals surface area contributed by atoms with Gasteiger partial charge < -0.3 is 5.11 Å². The first-order valence-corrected chi connectivity index (χ1v) is 5.04. The highest BCUT2D eigenvalue weighted by molar-refractivity contribution is 9.09. The summed E-state index contributed by atoms with van der Waals surface area (Å²) in [4.78, 5) is 10.2. The fourth-order valence-corrected chi connectivity index (χ4v) is 1.55. The van der Waals surface area contributed by atoms with Crippen molar-refractivity contribution < 1.29 is 14.3 Å². The molecule has 0 aliphatic rings. The van der Waals surface area contributed by atoms with Crippen LogP contribution in [0.5, 0.6) is 0 Å². The Morgan fingerprint density at radius 1 is 1.57 bits per heavy atom. The number of carbonyl (C=O) groups excluding carboxylic acids is 1. The van der Waals surface area contributed by atoms with E-state index in [-0.39, 0.29) is 0 Å². The van der Waals surface area contributed by atoms with Gasteiger partial charge >= 0.3 is 0 Å². The third kappa shape index (κ3) is 2.39. The van der Waals surface area contributed by atoms with E-state index in [0.29, 0.717) is 17.4 Å². The second kappa shape index (κ2) is 4.66. The van der Waals surface area contributed by atoms with Gasteiger partial charge in [0.15, 0.2) is 0 Å². The minimum absolute atomic E-state index is 0.383. The van der Waals surface area contributed by atoms with Gasteiger partial charge in [0, 0.05) is 5.56 Å². The van der Waals surface area contributed by atoms with Gasteiger partial charge in [-0.2, -0.15) is 0 Å². The molecule has 0 aromatic heterocycles. The summed E-state index contributed by atoms with van der Waals surface area (Å²) in [6.45, 7) is 1.57. The molecule has 0 bridgehead atoms. The van der Waals surface area contributed by atoms with Crippen molar-refractivity contribution in [1.82, 2.24) is 0 Å². The Kier molecular flexibility index (Phi) is 3.77. The number of carbonyl (C=O) groups is 1. The number of aliphatic hydroxyl groups excluding tert-OH is 1. The Bertz CT molecular complexity index is 339. The van der Waals surface area contributed by atoms with Gasteiger partial charge in [-0.25, -0.2) is 4.39 Å². The zero-order chi connectivity index (χ0) is 10.7. The number of alkyl halides is 1. The first kappa shape index (κ1) is 11.3. The Labute approximate surface area is 89.9 Å². The van der Waals surface area contributed by atoms with Crippen LogP contribution in [-0.4, -0.2) is 17.5 Å². The Balaban J connectivity index is 3.16. The van der Waals surface area contributed by atoms with Crippen LogP contribution in [0.3, 0.4) is 0 Å². The van der Waals surface area contributed by atoms with Crippen molar-refractivity contribution in [2.75, 3.05) is 0 Å². The predicted octanol–water partition coefficient (Wildman–Crippen LogP) is 2.46. The van der Waals surface area contributed by atoms with E-state index in [0.717, 1.165) is 0 Å². The Morgan fingerprint density at radius 3 is 2.71 bits per heavy atom.